The number of amides is 4. The Labute approximate surface area is 233 Å². The third-order valence-corrected chi connectivity index (χ3v) is 9.97. The highest BCUT2D eigenvalue weighted by molar-refractivity contribution is 6.53. The number of hydrogen-bond donors (Lipinski definition) is 2. The molecule has 0 radical (unpaired) electrons. The number of likely N-dealkylation sites (tertiary alicyclic amines) is 1. The van der Waals surface area contributed by atoms with Crippen LogP contribution in [0.2, 0.25) is 0 Å². The largest absolute Gasteiger partial charge is 0.508 e. The summed E-state index contributed by atoms with van der Waals surface area (Å²) in [5, 5.41) is 21.4. The van der Waals surface area contributed by atoms with Crippen molar-refractivity contribution in [2.24, 2.45) is 17.8 Å². The van der Waals surface area contributed by atoms with Gasteiger partial charge in [0.1, 0.15) is 18.1 Å². The van der Waals surface area contributed by atoms with Crippen LogP contribution >= 0.6 is 23.2 Å². The highest BCUT2D eigenvalue weighted by Gasteiger charge is 2.76. The van der Waals surface area contributed by atoms with Gasteiger partial charge in [-0.15, -0.1) is 23.2 Å². The van der Waals surface area contributed by atoms with Crippen molar-refractivity contribution in [3.8, 4) is 11.5 Å². The maximum atomic E-state index is 13.6. The molecule has 4 aliphatic rings. The minimum atomic E-state index is -2.01. The molecule has 0 spiro atoms. The molecule has 6 rings (SSSR count). The van der Waals surface area contributed by atoms with Crippen LogP contribution in [0.4, 0.5) is 0 Å². The zero-order chi connectivity index (χ0) is 27.9. The normalized spacial score (nSPS) is 33.6. The van der Waals surface area contributed by atoms with Crippen LogP contribution < -0.4 is 4.74 Å². The van der Waals surface area contributed by atoms with Gasteiger partial charge in [-0.05, 0) is 30.4 Å². The topological polar surface area (TPSA) is 124 Å². The number of ether oxygens (including phenoxy) is 1. The van der Waals surface area contributed by atoms with Crippen molar-refractivity contribution < 1.29 is 34.2 Å². The van der Waals surface area contributed by atoms with Crippen LogP contribution in [0.25, 0.3) is 0 Å². The van der Waals surface area contributed by atoms with E-state index in [-0.39, 0.29) is 35.8 Å². The summed E-state index contributed by atoms with van der Waals surface area (Å²) >= 11 is 14.1. The summed E-state index contributed by atoms with van der Waals surface area (Å²) in [6.45, 7) is 0.259. The fourth-order valence-electron chi connectivity index (χ4n) is 6.67. The zero-order valence-electron chi connectivity index (χ0n) is 20.7. The smallest absolute Gasteiger partial charge is 0.257 e. The summed E-state index contributed by atoms with van der Waals surface area (Å²) in [6.07, 6.45) is 1.65. The van der Waals surface area contributed by atoms with E-state index in [1.165, 1.54) is 13.1 Å². The second-order valence-corrected chi connectivity index (χ2v) is 11.7. The van der Waals surface area contributed by atoms with Gasteiger partial charge in [0.25, 0.3) is 23.6 Å². The third-order valence-electron chi connectivity index (χ3n) is 8.55. The molecule has 0 aromatic heterocycles. The Morgan fingerprint density at radius 2 is 1.72 bits per heavy atom. The Hall–Kier alpha value is -3.40. The second-order valence-electron chi connectivity index (χ2n) is 10.5. The number of fused-ring (bicyclic) bond motifs is 4. The number of benzene rings is 2. The first-order chi connectivity index (χ1) is 18.5. The van der Waals surface area contributed by atoms with Crippen molar-refractivity contribution in [3.63, 3.8) is 0 Å². The number of alkyl halides is 2. The molecule has 2 aliphatic carbocycles. The summed E-state index contributed by atoms with van der Waals surface area (Å²) < 4.78 is 5.82. The van der Waals surface area contributed by atoms with Crippen LogP contribution in [0, 0.1) is 17.8 Å². The average molecular weight is 571 g/mol. The van der Waals surface area contributed by atoms with Crippen LogP contribution in [-0.2, 0) is 25.8 Å². The van der Waals surface area contributed by atoms with Gasteiger partial charge in [0, 0.05) is 24.6 Å². The van der Waals surface area contributed by atoms with E-state index in [4.69, 9.17) is 27.9 Å². The van der Waals surface area contributed by atoms with Crippen molar-refractivity contribution in [1.82, 2.24) is 9.96 Å². The van der Waals surface area contributed by atoms with Crippen LogP contribution in [0.3, 0.4) is 0 Å². The van der Waals surface area contributed by atoms with Gasteiger partial charge in [-0.2, -0.15) is 5.06 Å². The maximum Gasteiger partial charge on any atom is 0.257 e. The molecule has 2 saturated heterocycles. The second kappa shape index (κ2) is 8.81. The molecule has 2 aliphatic heterocycles. The van der Waals surface area contributed by atoms with E-state index in [1.54, 1.807) is 18.2 Å². The van der Waals surface area contributed by atoms with Crippen LogP contribution in [0.5, 0.6) is 11.5 Å². The number of phenolic OH excluding ortho intramolecular Hbond substituents is 1. The molecule has 6 unspecified atom stereocenters. The van der Waals surface area contributed by atoms with Crippen LogP contribution in [0.1, 0.15) is 29.9 Å². The molecule has 9 nitrogen and oxygen atoms in total. The molecule has 1 saturated carbocycles. The molecule has 2 heterocycles. The lowest BCUT2D eigenvalue weighted by Crippen LogP contribution is -2.60. The van der Waals surface area contributed by atoms with E-state index in [9.17, 15) is 29.5 Å². The van der Waals surface area contributed by atoms with Crippen molar-refractivity contribution >= 4 is 46.8 Å². The van der Waals surface area contributed by atoms with E-state index in [0.29, 0.717) is 11.3 Å². The SMILES string of the molecule is CN1C(=O)C2(Cl)CC3C(=CCC4C(=O)N(O)C(=O)C43)C(c3ccc(OCc4ccccc4)cc3O)C2(Cl)C1=O. The Morgan fingerprint density at radius 3 is 2.41 bits per heavy atom. The van der Waals surface area contributed by atoms with Gasteiger partial charge in [-0.1, -0.05) is 48.0 Å². The first kappa shape index (κ1) is 25.9. The molecule has 4 amide bonds. The van der Waals surface area contributed by atoms with Gasteiger partial charge >= 0.3 is 0 Å². The number of hydrogen-bond acceptors (Lipinski definition) is 7. The van der Waals surface area contributed by atoms with E-state index < -0.39 is 57.0 Å². The molecule has 202 valence electrons. The molecular weight excluding hydrogens is 547 g/mol. The summed E-state index contributed by atoms with van der Waals surface area (Å²) in [6, 6.07) is 14.0. The predicted molar refractivity (Wildman–Crippen MR) is 138 cm³/mol. The minimum Gasteiger partial charge on any atom is -0.508 e. The lowest BCUT2D eigenvalue weighted by atomic mass is 9.56. The number of hydroxylamine groups is 2. The Balaban J connectivity index is 1.45. The van der Waals surface area contributed by atoms with Gasteiger partial charge < -0.3 is 9.84 Å². The number of carbonyl (C=O) groups is 4. The number of allylic oxidation sites excluding steroid dienone is 2. The van der Waals surface area contributed by atoms with Crippen molar-refractivity contribution in [3.05, 3.63) is 71.3 Å². The molecule has 39 heavy (non-hydrogen) atoms. The molecule has 0 bridgehead atoms. The molecule has 2 N–H and O–H groups in total. The van der Waals surface area contributed by atoms with Gasteiger partial charge in [-0.25, -0.2) is 0 Å². The summed E-state index contributed by atoms with van der Waals surface area (Å²) in [7, 11) is 1.29. The van der Waals surface area contributed by atoms with Crippen LogP contribution in [-0.4, -0.2) is 60.7 Å². The van der Waals surface area contributed by atoms with Crippen molar-refractivity contribution in [2.45, 2.75) is 35.1 Å². The molecule has 2 aromatic rings. The standard InChI is InChI=1S/C28H24Cl2N2O7/c1-31-25(36)27(29)12-19-16(9-10-18-21(19)24(35)32(38)23(18)34)22(28(27,30)26(31)37)17-8-7-15(11-20(17)33)39-13-14-5-3-2-4-6-14/h2-9,11,18-19,21-22,33,38H,10,12-13H2,1H3. The van der Waals surface area contributed by atoms with Crippen LogP contribution in [0.15, 0.2) is 60.2 Å². The fraction of sp³-hybridized carbons (Fsp3) is 0.357. The highest BCUT2D eigenvalue weighted by atomic mass is 35.5. The Bertz CT molecular complexity index is 1460. The minimum absolute atomic E-state index is 0.119. The lowest BCUT2D eigenvalue weighted by Gasteiger charge is -2.50. The molecule has 3 fully saturated rings. The van der Waals surface area contributed by atoms with Gasteiger partial charge in [0.05, 0.1) is 11.8 Å². The molecular formula is C28H24Cl2N2O7. The number of carbonyl (C=O) groups excluding carboxylic acids is 4. The van der Waals surface area contributed by atoms with Gasteiger partial charge in [0.15, 0.2) is 9.75 Å². The van der Waals surface area contributed by atoms with E-state index in [1.807, 2.05) is 30.3 Å². The first-order valence-electron chi connectivity index (χ1n) is 12.5. The number of imide groups is 2. The Kier molecular flexibility index (Phi) is 5.84. The van der Waals surface area contributed by atoms with E-state index in [2.05, 4.69) is 0 Å². The van der Waals surface area contributed by atoms with Crippen molar-refractivity contribution in [2.75, 3.05) is 7.05 Å². The average Bonchev–Trinajstić information content (AvgIpc) is 3.23. The first-order valence-corrected chi connectivity index (χ1v) is 13.2. The number of nitrogens with zero attached hydrogens (tertiary/aromatic N) is 2. The summed E-state index contributed by atoms with van der Waals surface area (Å²) in [4.78, 5) is 49.3. The monoisotopic (exact) mass is 570 g/mol. The fourth-order valence-corrected chi connectivity index (χ4v) is 7.68. The number of phenols is 1. The quantitative estimate of drug-likeness (QED) is 0.250. The number of aromatic hydroxyl groups is 1. The number of halogens is 2. The summed E-state index contributed by atoms with van der Waals surface area (Å²) in [5.74, 6) is -6.52. The van der Waals surface area contributed by atoms with E-state index in [0.717, 1.165) is 10.5 Å². The molecule has 11 heteroatoms. The third kappa shape index (κ3) is 3.43. The van der Waals surface area contributed by atoms with E-state index >= 15 is 0 Å². The van der Waals surface area contributed by atoms with Crippen molar-refractivity contribution in [1.29, 1.82) is 0 Å². The predicted octanol–water partition coefficient (Wildman–Crippen LogP) is 3.35. The summed E-state index contributed by atoms with van der Waals surface area (Å²) in [5.41, 5.74) is 1.67. The maximum absolute atomic E-state index is 13.6. The zero-order valence-corrected chi connectivity index (χ0v) is 22.2. The molecule has 6 atom stereocenters. The van der Waals surface area contributed by atoms with Gasteiger partial charge in [0.2, 0.25) is 0 Å². The Morgan fingerprint density at radius 1 is 1.00 bits per heavy atom. The number of rotatable bonds is 4. The van der Waals surface area contributed by atoms with Gasteiger partial charge in [-0.3, -0.25) is 29.3 Å². The molecule has 2 aromatic carbocycles. The highest BCUT2D eigenvalue weighted by Crippen LogP contribution is 2.66. The lowest BCUT2D eigenvalue weighted by molar-refractivity contribution is -0.173.